The summed E-state index contributed by atoms with van der Waals surface area (Å²) < 4.78 is 1.73. The van der Waals surface area contributed by atoms with Crippen LogP contribution in [0.3, 0.4) is 0 Å². The molecule has 0 unspecified atom stereocenters. The van der Waals surface area contributed by atoms with Gasteiger partial charge in [-0.1, -0.05) is 78.9 Å². The van der Waals surface area contributed by atoms with Crippen molar-refractivity contribution in [3.63, 3.8) is 0 Å². The molecule has 0 bridgehead atoms. The highest BCUT2D eigenvalue weighted by molar-refractivity contribution is 5.93. The smallest absolute Gasteiger partial charge is 0.257 e. The molecule has 4 nitrogen and oxygen atoms in total. The van der Waals surface area contributed by atoms with E-state index in [2.05, 4.69) is 5.10 Å². The summed E-state index contributed by atoms with van der Waals surface area (Å²) in [6, 6.07) is 29.9. The molecule has 0 aliphatic heterocycles. The maximum Gasteiger partial charge on any atom is 0.257 e. The van der Waals surface area contributed by atoms with E-state index in [0.29, 0.717) is 18.7 Å². The number of carbonyl (C=O) groups is 1. The highest BCUT2D eigenvalue weighted by Gasteiger charge is 2.18. The van der Waals surface area contributed by atoms with Crippen molar-refractivity contribution >= 4 is 5.91 Å². The van der Waals surface area contributed by atoms with Crippen molar-refractivity contribution in [3.05, 3.63) is 120 Å². The monoisotopic (exact) mass is 367 g/mol. The normalized spacial score (nSPS) is 10.6. The molecule has 138 valence electrons. The van der Waals surface area contributed by atoms with Crippen LogP contribution in [0.1, 0.15) is 21.5 Å². The highest BCUT2D eigenvalue weighted by atomic mass is 16.2. The first kappa shape index (κ1) is 17.7. The van der Waals surface area contributed by atoms with Crippen LogP contribution in [-0.4, -0.2) is 20.6 Å². The van der Waals surface area contributed by atoms with Crippen LogP contribution in [-0.2, 0) is 13.1 Å². The first-order chi connectivity index (χ1) is 13.8. The molecule has 0 aliphatic rings. The van der Waals surface area contributed by atoms with E-state index in [1.54, 1.807) is 17.1 Å². The van der Waals surface area contributed by atoms with Crippen molar-refractivity contribution in [1.29, 1.82) is 0 Å². The minimum atomic E-state index is -0.0325. The van der Waals surface area contributed by atoms with Gasteiger partial charge in [0.25, 0.3) is 5.91 Å². The van der Waals surface area contributed by atoms with Gasteiger partial charge in [-0.05, 0) is 23.3 Å². The number of para-hydroxylation sites is 1. The molecular formula is C24H21N3O. The fourth-order valence-electron chi connectivity index (χ4n) is 3.14. The Balaban J connectivity index is 1.60. The van der Waals surface area contributed by atoms with Crippen LogP contribution in [0.4, 0.5) is 0 Å². The Kier molecular flexibility index (Phi) is 5.29. The number of aromatic nitrogens is 2. The summed E-state index contributed by atoms with van der Waals surface area (Å²) in [6.07, 6.45) is 3.43. The molecule has 0 atom stereocenters. The van der Waals surface area contributed by atoms with Gasteiger partial charge in [0.15, 0.2) is 0 Å². The number of amides is 1. The Morgan fingerprint density at radius 3 is 1.79 bits per heavy atom. The third-order valence-electron chi connectivity index (χ3n) is 4.57. The van der Waals surface area contributed by atoms with Crippen LogP contribution in [0.15, 0.2) is 103 Å². The first-order valence-corrected chi connectivity index (χ1v) is 9.27. The van der Waals surface area contributed by atoms with Gasteiger partial charge in [-0.15, -0.1) is 0 Å². The Hall–Kier alpha value is -3.66. The molecule has 1 heterocycles. The molecule has 28 heavy (non-hydrogen) atoms. The zero-order valence-electron chi connectivity index (χ0n) is 15.5. The molecule has 0 spiro atoms. The lowest BCUT2D eigenvalue weighted by molar-refractivity contribution is 0.0730. The largest absolute Gasteiger partial charge is 0.330 e. The van der Waals surface area contributed by atoms with Crippen LogP contribution in [0, 0.1) is 0 Å². The van der Waals surface area contributed by atoms with Crippen LogP contribution in [0.5, 0.6) is 0 Å². The summed E-state index contributed by atoms with van der Waals surface area (Å²) in [5.74, 6) is -0.0325. The van der Waals surface area contributed by atoms with Gasteiger partial charge in [0.2, 0.25) is 0 Å². The van der Waals surface area contributed by atoms with Crippen molar-refractivity contribution in [2.45, 2.75) is 13.1 Å². The van der Waals surface area contributed by atoms with E-state index < -0.39 is 0 Å². The summed E-state index contributed by atoms with van der Waals surface area (Å²) >= 11 is 0. The molecule has 0 N–H and O–H groups in total. The number of hydrogen-bond acceptors (Lipinski definition) is 2. The van der Waals surface area contributed by atoms with Gasteiger partial charge in [-0.2, -0.15) is 5.10 Å². The Bertz CT molecular complexity index is 986. The SMILES string of the molecule is O=C(c1cnn(-c2ccccc2)c1)N(Cc1ccccc1)Cc1ccccc1. The van der Waals surface area contributed by atoms with Crippen molar-refractivity contribution in [2.75, 3.05) is 0 Å². The summed E-state index contributed by atoms with van der Waals surface area (Å²) in [4.78, 5) is 15.1. The molecule has 1 amide bonds. The molecule has 3 aromatic carbocycles. The van der Waals surface area contributed by atoms with E-state index in [9.17, 15) is 4.79 Å². The number of nitrogens with zero attached hydrogens (tertiary/aromatic N) is 3. The second-order valence-corrected chi connectivity index (χ2v) is 6.64. The zero-order chi connectivity index (χ0) is 19.2. The van der Waals surface area contributed by atoms with Crippen molar-refractivity contribution < 1.29 is 4.79 Å². The van der Waals surface area contributed by atoms with Crippen LogP contribution in [0.2, 0.25) is 0 Å². The van der Waals surface area contributed by atoms with Crippen LogP contribution in [0.25, 0.3) is 5.69 Å². The fraction of sp³-hybridized carbons (Fsp3) is 0.0833. The maximum absolute atomic E-state index is 13.3. The molecular weight excluding hydrogens is 346 g/mol. The van der Waals surface area contributed by atoms with E-state index in [1.165, 1.54) is 0 Å². The molecule has 0 saturated carbocycles. The molecule has 4 heteroatoms. The molecule has 0 radical (unpaired) electrons. The zero-order valence-corrected chi connectivity index (χ0v) is 15.5. The molecule has 0 fully saturated rings. The number of benzene rings is 3. The molecule has 1 aromatic heterocycles. The second kappa shape index (κ2) is 8.35. The lowest BCUT2D eigenvalue weighted by Gasteiger charge is -2.22. The van der Waals surface area contributed by atoms with Gasteiger partial charge in [-0.3, -0.25) is 4.79 Å². The number of rotatable bonds is 6. The topological polar surface area (TPSA) is 38.1 Å². The van der Waals surface area contributed by atoms with Gasteiger partial charge in [0, 0.05) is 19.3 Å². The predicted molar refractivity (Wildman–Crippen MR) is 110 cm³/mol. The van der Waals surface area contributed by atoms with E-state index in [4.69, 9.17) is 0 Å². The van der Waals surface area contributed by atoms with E-state index in [0.717, 1.165) is 16.8 Å². The van der Waals surface area contributed by atoms with Crippen molar-refractivity contribution in [3.8, 4) is 5.69 Å². The van der Waals surface area contributed by atoms with Crippen LogP contribution < -0.4 is 0 Å². The lowest BCUT2D eigenvalue weighted by atomic mass is 10.1. The second-order valence-electron chi connectivity index (χ2n) is 6.64. The average Bonchev–Trinajstić information content (AvgIpc) is 3.25. The van der Waals surface area contributed by atoms with Crippen molar-refractivity contribution in [1.82, 2.24) is 14.7 Å². The fourth-order valence-corrected chi connectivity index (χ4v) is 3.14. The van der Waals surface area contributed by atoms with E-state index in [-0.39, 0.29) is 5.91 Å². The standard InChI is InChI=1S/C24H21N3O/c28-24(22-16-25-27(19-22)23-14-8-3-9-15-23)26(17-20-10-4-1-5-11-20)18-21-12-6-2-7-13-21/h1-16,19H,17-18H2. The summed E-state index contributed by atoms with van der Waals surface area (Å²) in [5.41, 5.74) is 3.71. The maximum atomic E-state index is 13.3. The number of hydrogen-bond donors (Lipinski definition) is 0. The summed E-state index contributed by atoms with van der Waals surface area (Å²) in [7, 11) is 0. The Morgan fingerprint density at radius 1 is 0.750 bits per heavy atom. The third kappa shape index (κ3) is 4.18. The average molecular weight is 367 g/mol. The van der Waals surface area contributed by atoms with Gasteiger partial charge in [0.1, 0.15) is 0 Å². The number of carbonyl (C=O) groups excluding carboxylic acids is 1. The van der Waals surface area contributed by atoms with Gasteiger partial charge >= 0.3 is 0 Å². The van der Waals surface area contributed by atoms with E-state index in [1.807, 2.05) is 95.9 Å². The quantitative estimate of drug-likeness (QED) is 0.495. The van der Waals surface area contributed by atoms with Gasteiger partial charge in [-0.25, -0.2) is 4.68 Å². The minimum absolute atomic E-state index is 0.0325. The lowest BCUT2D eigenvalue weighted by Crippen LogP contribution is -2.29. The molecule has 4 aromatic rings. The highest BCUT2D eigenvalue weighted by Crippen LogP contribution is 2.15. The third-order valence-corrected chi connectivity index (χ3v) is 4.57. The first-order valence-electron chi connectivity index (χ1n) is 9.27. The van der Waals surface area contributed by atoms with Crippen molar-refractivity contribution in [2.24, 2.45) is 0 Å². The Labute approximate surface area is 164 Å². The predicted octanol–water partition coefficient (Wildman–Crippen LogP) is 4.71. The summed E-state index contributed by atoms with van der Waals surface area (Å²) in [6.45, 7) is 1.09. The molecule has 0 aliphatic carbocycles. The summed E-state index contributed by atoms with van der Waals surface area (Å²) in [5, 5.41) is 4.37. The van der Waals surface area contributed by atoms with Crippen LogP contribution >= 0.6 is 0 Å². The Morgan fingerprint density at radius 2 is 1.25 bits per heavy atom. The molecule has 4 rings (SSSR count). The van der Waals surface area contributed by atoms with Gasteiger partial charge in [0.05, 0.1) is 17.4 Å². The molecule has 0 saturated heterocycles. The van der Waals surface area contributed by atoms with E-state index >= 15 is 0 Å². The van der Waals surface area contributed by atoms with Gasteiger partial charge < -0.3 is 4.90 Å². The minimum Gasteiger partial charge on any atom is -0.330 e.